The molecule has 0 spiro atoms. The zero-order chi connectivity index (χ0) is 9.84. The summed E-state index contributed by atoms with van der Waals surface area (Å²) in [6, 6.07) is 3.70. The van der Waals surface area contributed by atoms with Crippen molar-refractivity contribution in [3.05, 3.63) is 35.1 Å². The van der Waals surface area contributed by atoms with E-state index < -0.39 is 16.9 Å². The smallest absolute Gasteiger partial charge is 0.152 e. The van der Waals surface area contributed by atoms with E-state index in [0.717, 1.165) is 6.07 Å². The molecule has 70 valence electrons. The highest BCUT2D eigenvalue weighted by molar-refractivity contribution is 7.78. The normalized spacial score (nSPS) is 12.5. The molecular formula is C8H6FO3S-. The summed E-state index contributed by atoms with van der Waals surface area (Å²) in [5.41, 5.74) is 0.261. The van der Waals surface area contributed by atoms with Crippen LogP contribution in [0.5, 0.6) is 0 Å². The predicted octanol–water partition coefficient (Wildman–Crippen LogP) is 1.02. The third-order valence-electron chi connectivity index (χ3n) is 1.48. The van der Waals surface area contributed by atoms with Gasteiger partial charge in [0, 0.05) is 5.75 Å². The molecule has 0 bridgehead atoms. The standard InChI is InChI=1S/C8H7FO3S/c9-8-3-6(5-13(11)12)1-2-7(8)4-10/h1-4H,5H2,(H,11,12)/p-1. The molecule has 0 fully saturated rings. The fourth-order valence-electron chi connectivity index (χ4n) is 0.892. The van der Waals surface area contributed by atoms with Gasteiger partial charge < -0.3 is 4.55 Å². The van der Waals surface area contributed by atoms with Gasteiger partial charge in [0.05, 0.1) is 5.56 Å². The Kier molecular flexibility index (Phi) is 3.27. The van der Waals surface area contributed by atoms with Crippen molar-refractivity contribution in [3.8, 4) is 0 Å². The van der Waals surface area contributed by atoms with Crippen molar-refractivity contribution in [1.29, 1.82) is 0 Å². The Morgan fingerprint density at radius 1 is 1.54 bits per heavy atom. The fourth-order valence-corrected chi connectivity index (χ4v) is 1.34. The molecule has 5 heteroatoms. The van der Waals surface area contributed by atoms with E-state index in [-0.39, 0.29) is 11.3 Å². The van der Waals surface area contributed by atoms with Gasteiger partial charge in [0.25, 0.3) is 0 Å². The van der Waals surface area contributed by atoms with Crippen molar-refractivity contribution in [3.63, 3.8) is 0 Å². The monoisotopic (exact) mass is 201 g/mol. The Morgan fingerprint density at radius 3 is 2.69 bits per heavy atom. The third kappa shape index (κ3) is 2.71. The molecule has 3 nitrogen and oxygen atoms in total. The summed E-state index contributed by atoms with van der Waals surface area (Å²) < 4.78 is 33.4. The fraction of sp³-hybridized carbons (Fsp3) is 0.125. The van der Waals surface area contributed by atoms with Gasteiger partial charge in [-0.3, -0.25) is 9.00 Å². The van der Waals surface area contributed by atoms with Gasteiger partial charge in [0.2, 0.25) is 0 Å². The van der Waals surface area contributed by atoms with Crippen LogP contribution < -0.4 is 0 Å². The zero-order valence-corrected chi connectivity index (χ0v) is 7.34. The van der Waals surface area contributed by atoms with Crippen LogP contribution in [0, 0.1) is 5.82 Å². The van der Waals surface area contributed by atoms with Gasteiger partial charge in [-0.15, -0.1) is 0 Å². The average Bonchev–Trinajstić information content (AvgIpc) is 2.03. The molecule has 0 aromatic heterocycles. The molecule has 0 saturated heterocycles. The molecule has 1 unspecified atom stereocenters. The molecule has 1 aromatic rings. The summed E-state index contributed by atoms with van der Waals surface area (Å²) in [5, 5.41) is 0. The maximum absolute atomic E-state index is 12.9. The van der Waals surface area contributed by atoms with Crippen molar-refractivity contribution >= 4 is 17.4 Å². The molecule has 0 amide bonds. The van der Waals surface area contributed by atoms with E-state index >= 15 is 0 Å². The summed E-state index contributed by atoms with van der Waals surface area (Å²) in [7, 11) is 0. The zero-order valence-electron chi connectivity index (χ0n) is 6.53. The number of rotatable bonds is 3. The van der Waals surface area contributed by atoms with Gasteiger partial charge in [-0.1, -0.05) is 17.1 Å². The minimum Gasteiger partial charge on any atom is -0.772 e. The number of carbonyl (C=O) groups excluding carboxylic acids is 1. The number of hydrogen-bond acceptors (Lipinski definition) is 3. The minimum atomic E-state index is -2.24. The second kappa shape index (κ2) is 4.25. The minimum absolute atomic E-state index is 0.0690. The molecule has 1 atom stereocenters. The van der Waals surface area contributed by atoms with E-state index in [2.05, 4.69) is 0 Å². The number of halogens is 1. The first-order valence-electron chi connectivity index (χ1n) is 3.43. The molecule has 1 rings (SSSR count). The molecule has 0 heterocycles. The first kappa shape index (κ1) is 10.0. The summed E-state index contributed by atoms with van der Waals surface area (Å²) in [5.74, 6) is -0.936. The highest BCUT2D eigenvalue weighted by Crippen LogP contribution is 2.09. The molecule has 0 aliphatic heterocycles. The first-order chi connectivity index (χ1) is 6.13. The maximum Gasteiger partial charge on any atom is 0.152 e. The number of benzene rings is 1. The molecule has 0 saturated carbocycles. The second-order valence-corrected chi connectivity index (χ2v) is 3.32. The van der Waals surface area contributed by atoms with Gasteiger partial charge in [-0.05, 0) is 17.7 Å². The lowest BCUT2D eigenvalue weighted by atomic mass is 10.1. The van der Waals surface area contributed by atoms with Crippen LogP contribution in [0.2, 0.25) is 0 Å². The summed E-state index contributed by atoms with van der Waals surface area (Å²) in [6.45, 7) is 0. The highest BCUT2D eigenvalue weighted by Gasteiger charge is 2.01. The van der Waals surface area contributed by atoms with E-state index in [0.29, 0.717) is 11.8 Å². The predicted molar refractivity (Wildman–Crippen MR) is 44.4 cm³/mol. The van der Waals surface area contributed by atoms with Crippen molar-refractivity contribution in [1.82, 2.24) is 0 Å². The molecule has 1 aromatic carbocycles. The van der Waals surface area contributed by atoms with Crippen LogP contribution in [-0.4, -0.2) is 15.0 Å². The van der Waals surface area contributed by atoms with E-state index in [1.807, 2.05) is 0 Å². The van der Waals surface area contributed by atoms with Crippen LogP contribution in [0.1, 0.15) is 15.9 Å². The molecule has 0 aliphatic rings. The quantitative estimate of drug-likeness (QED) is 0.541. The largest absolute Gasteiger partial charge is 0.772 e. The van der Waals surface area contributed by atoms with E-state index in [9.17, 15) is 17.9 Å². The SMILES string of the molecule is O=Cc1ccc(CS(=O)[O-])cc1F. The molecule has 0 radical (unpaired) electrons. The summed E-state index contributed by atoms with van der Waals surface area (Å²) >= 11 is -2.24. The Bertz CT molecular complexity index is 351. The van der Waals surface area contributed by atoms with Gasteiger partial charge in [0.15, 0.2) is 6.29 Å². The number of aldehydes is 1. The lowest BCUT2D eigenvalue weighted by Gasteiger charge is -2.05. The second-order valence-electron chi connectivity index (χ2n) is 2.42. The Balaban J connectivity index is 2.95. The Labute approximate surface area is 76.9 Å². The van der Waals surface area contributed by atoms with Gasteiger partial charge >= 0.3 is 0 Å². The summed E-state index contributed by atoms with van der Waals surface area (Å²) in [6.07, 6.45) is 0.382. The van der Waals surface area contributed by atoms with E-state index in [1.54, 1.807) is 0 Å². The third-order valence-corrected chi connectivity index (χ3v) is 2.05. The van der Waals surface area contributed by atoms with E-state index in [1.165, 1.54) is 12.1 Å². The summed E-state index contributed by atoms with van der Waals surface area (Å²) in [4.78, 5) is 10.2. The van der Waals surface area contributed by atoms with Crippen molar-refractivity contribution in [2.75, 3.05) is 0 Å². The van der Waals surface area contributed by atoms with Gasteiger partial charge in [-0.2, -0.15) is 0 Å². The molecule has 13 heavy (non-hydrogen) atoms. The lowest BCUT2D eigenvalue weighted by Crippen LogP contribution is -1.96. The maximum atomic E-state index is 12.9. The number of hydrogen-bond donors (Lipinski definition) is 0. The van der Waals surface area contributed by atoms with Crippen LogP contribution >= 0.6 is 0 Å². The Hall–Kier alpha value is -1.07. The average molecular weight is 201 g/mol. The molecule has 0 N–H and O–H groups in total. The van der Waals surface area contributed by atoms with Crippen LogP contribution in [0.15, 0.2) is 18.2 Å². The van der Waals surface area contributed by atoms with Gasteiger partial charge in [-0.25, -0.2) is 4.39 Å². The van der Waals surface area contributed by atoms with Crippen LogP contribution in [-0.2, 0) is 16.8 Å². The van der Waals surface area contributed by atoms with E-state index in [4.69, 9.17) is 0 Å². The topological polar surface area (TPSA) is 57.2 Å². The van der Waals surface area contributed by atoms with Crippen molar-refractivity contribution < 1.29 is 17.9 Å². The lowest BCUT2D eigenvalue weighted by molar-refractivity contribution is 0.112. The van der Waals surface area contributed by atoms with Crippen LogP contribution in [0.4, 0.5) is 4.39 Å². The first-order valence-corrected chi connectivity index (χ1v) is 4.67. The van der Waals surface area contributed by atoms with Crippen LogP contribution in [0.3, 0.4) is 0 Å². The van der Waals surface area contributed by atoms with Gasteiger partial charge in [0.1, 0.15) is 5.82 Å². The highest BCUT2D eigenvalue weighted by atomic mass is 32.2. The van der Waals surface area contributed by atoms with Crippen molar-refractivity contribution in [2.24, 2.45) is 0 Å². The van der Waals surface area contributed by atoms with Crippen LogP contribution in [0.25, 0.3) is 0 Å². The van der Waals surface area contributed by atoms with Crippen molar-refractivity contribution in [2.45, 2.75) is 5.75 Å². The molecular weight excluding hydrogens is 195 g/mol. The Morgan fingerprint density at radius 2 is 2.23 bits per heavy atom. The number of carbonyl (C=O) groups is 1. The molecule has 0 aliphatic carbocycles.